The van der Waals surface area contributed by atoms with Gasteiger partial charge in [0.25, 0.3) is 0 Å². The lowest BCUT2D eigenvalue weighted by Gasteiger charge is -2.03. The van der Waals surface area contributed by atoms with E-state index in [1.807, 2.05) is 0 Å². The fourth-order valence-corrected chi connectivity index (χ4v) is 2.56. The van der Waals surface area contributed by atoms with Gasteiger partial charge in [-0.2, -0.15) is 0 Å². The highest BCUT2D eigenvalue weighted by Gasteiger charge is 2.15. The first-order valence-electron chi connectivity index (χ1n) is 5.39. The lowest BCUT2D eigenvalue weighted by molar-refractivity contribution is 0.101. The van der Waals surface area contributed by atoms with E-state index in [2.05, 4.69) is 0 Å². The van der Waals surface area contributed by atoms with Crippen molar-refractivity contribution < 1.29 is 13.4 Å². The molecule has 2 aromatic carbocycles. The third-order valence-electron chi connectivity index (χ3n) is 2.44. The first kappa shape index (κ1) is 12.6. The number of ketones is 1. The number of rotatable bonds is 4. The Morgan fingerprint density at radius 2 is 1.61 bits per heavy atom. The fraction of sp³-hybridized carbons (Fsp3) is 0.0714. The van der Waals surface area contributed by atoms with Crippen molar-refractivity contribution >= 4 is 16.6 Å². The van der Waals surface area contributed by atoms with E-state index in [0.717, 1.165) is 0 Å². The minimum Gasteiger partial charge on any atom is -0.293 e. The van der Waals surface area contributed by atoms with Crippen LogP contribution in [0, 0.1) is 5.82 Å². The number of hydrogen-bond donors (Lipinski definition) is 0. The van der Waals surface area contributed by atoms with Gasteiger partial charge in [0, 0.05) is 4.90 Å². The second-order valence-electron chi connectivity index (χ2n) is 3.71. The van der Waals surface area contributed by atoms with Crippen LogP contribution in [-0.4, -0.2) is 15.7 Å². The molecule has 0 fully saturated rings. The van der Waals surface area contributed by atoms with Crippen LogP contribution in [0.3, 0.4) is 0 Å². The topological polar surface area (TPSA) is 34.1 Å². The molecule has 0 saturated carbocycles. The van der Waals surface area contributed by atoms with Crippen molar-refractivity contribution in [3.8, 4) is 0 Å². The van der Waals surface area contributed by atoms with Crippen molar-refractivity contribution in [1.82, 2.24) is 0 Å². The lowest BCUT2D eigenvalue weighted by Crippen LogP contribution is -2.12. The highest BCUT2D eigenvalue weighted by Crippen LogP contribution is 2.11. The largest absolute Gasteiger partial charge is 0.293 e. The zero-order valence-electron chi connectivity index (χ0n) is 9.51. The molecule has 0 bridgehead atoms. The summed E-state index contributed by atoms with van der Waals surface area (Å²) in [7, 11) is -1.44. The monoisotopic (exact) mass is 262 g/mol. The van der Waals surface area contributed by atoms with Crippen molar-refractivity contribution in [2.45, 2.75) is 4.90 Å². The Kier molecular flexibility index (Phi) is 3.99. The minimum atomic E-state index is -1.44. The van der Waals surface area contributed by atoms with E-state index in [0.29, 0.717) is 4.90 Å². The Morgan fingerprint density at radius 1 is 1.00 bits per heavy atom. The number of hydrogen-bond acceptors (Lipinski definition) is 2. The zero-order valence-corrected chi connectivity index (χ0v) is 10.3. The van der Waals surface area contributed by atoms with Crippen LogP contribution in [0.4, 0.5) is 4.39 Å². The van der Waals surface area contributed by atoms with Gasteiger partial charge in [-0.25, -0.2) is 4.39 Å². The van der Waals surface area contributed by atoms with Crippen LogP contribution in [0.2, 0.25) is 0 Å². The molecule has 4 heteroatoms. The Balaban J connectivity index is 2.14. The number of Topliss-reactive ketones (excluding diaryl/α,β-unsaturated/α-hetero) is 1. The summed E-state index contributed by atoms with van der Waals surface area (Å²) in [5.41, 5.74) is -0.0122. The zero-order chi connectivity index (χ0) is 13.0. The fourth-order valence-electron chi connectivity index (χ4n) is 1.54. The van der Waals surface area contributed by atoms with Crippen molar-refractivity contribution in [2.24, 2.45) is 0 Å². The number of benzene rings is 2. The summed E-state index contributed by atoms with van der Waals surface area (Å²) in [6.45, 7) is 0. The molecule has 0 heterocycles. The van der Waals surface area contributed by atoms with Crippen LogP contribution in [0.5, 0.6) is 0 Å². The van der Waals surface area contributed by atoms with E-state index in [4.69, 9.17) is 0 Å². The summed E-state index contributed by atoms with van der Waals surface area (Å²) in [4.78, 5) is 12.4. The smallest absolute Gasteiger partial charge is 0.178 e. The molecule has 92 valence electrons. The molecule has 0 radical (unpaired) electrons. The lowest BCUT2D eigenvalue weighted by atomic mass is 10.1. The molecule has 0 N–H and O–H groups in total. The Hall–Kier alpha value is -1.81. The van der Waals surface area contributed by atoms with Gasteiger partial charge in [-0.15, -0.1) is 0 Å². The van der Waals surface area contributed by atoms with Gasteiger partial charge >= 0.3 is 0 Å². The second-order valence-corrected chi connectivity index (χ2v) is 5.16. The molecule has 1 unspecified atom stereocenters. The number of carbonyl (C=O) groups excluding carboxylic acids is 1. The van der Waals surface area contributed by atoms with Crippen LogP contribution in [0.1, 0.15) is 10.4 Å². The van der Waals surface area contributed by atoms with E-state index in [9.17, 15) is 13.4 Å². The van der Waals surface area contributed by atoms with Gasteiger partial charge < -0.3 is 0 Å². The molecule has 1 atom stereocenters. The van der Waals surface area contributed by atoms with Crippen molar-refractivity contribution in [3.63, 3.8) is 0 Å². The van der Waals surface area contributed by atoms with Crippen molar-refractivity contribution in [3.05, 3.63) is 66.0 Å². The Bertz CT molecular complexity index is 581. The van der Waals surface area contributed by atoms with Gasteiger partial charge in [0.1, 0.15) is 5.82 Å². The van der Waals surface area contributed by atoms with E-state index in [-0.39, 0.29) is 11.3 Å². The predicted octanol–water partition coefficient (Wildman–Crippen LogP) is 2.82. The molecular formula is C14H11FO2S. The average Bonchev–Trinajstić information content (AvgIpc) is 2.40. The van der Waals surface area contributed by atoms with Crippen LogP contribution in [0.15, 0.2) is 59.5 Å². The van der Waals surface area contributed by atoms with Gasteiger partial charge in [0.05, 0.1) is 22.1 Å². The molecule has 0 aliphatic carbocycles. The van der Waals surface area contributed by atoms with Crippen LogP contribution < -0.4 is 0 Å². The molecule has 2 aromatic rings. The number of halogens is 1. The average molecular weight is 262 g/mol. The molecule has 0 amide bonds. The molecule has 0 aromatic heterocycles. The maximum Gasteiger partial charge on any atom is 0.178 e. The summed E-state index contributed by atoms with van der Waals surface area (Å²) in [6.07, 6.45) is 0. The molecule has 0 aliphatic rings. The van der Waals surface area contributed by atoms with E-state index < -0.39 is 22.4 Å². The van der Waals surface area contributed by atoms with Gasteiger partial charge in [-0.05, 0) is 24.3 Å². The van der Waals surface area contributed by atoms with E-state index in [1.54, 1.807) is 36.4 Å². The SMILES string of the molecule is O=C(CS(=O)c1ccccc1)c1ccccc1F. The summed E-state index contributed by atoms with van der Waals surface area (Å²) in [6, 6.07) is 14.4. The normalized spacial score (nSPS) is 12.1. The maximum atomic E-state index is 13.4. The molecular weight excluding hydrogens is 251 g/mol. The van der Waals surface area contributed by atoms with Crippen LogP contribution >= 0.6 is 0 Å². The molecule has 0 aliphatic heterocycles. The summed E-state index contributed by atoms with van der Waals surface area (Å²) in [5.74, 6) is -1.23. The molecule has 2 nitrogen and oxygen atoms in total. The predicted molar refractivity (Wildman–Crippen MR) is 68.4 cm³/mol. The molecule has 2 rings (SSSR count). The van der Waals surface area contributed by atoms with E-state index >= 15 is 0 Å². The summed E-state index contributed by atoms with van der Waals surface area (Å²) in [5, 5.41) is 0. The summed E-state index contributed by atoms with van der Waals surface area (Å²) >= 11 is 0. The van der Waals surface area contributed by atoms with Crippen molar-refractivity contribution in [1.29, 1.82) is 0 Å². The van der Waals surface area contributed by atoms with Crippen LogP contribution in [-0.2, 0) is 10.8 Å². The first-order chi connectivity index (χ1) is 8.68. The molecule has 0 spiro atoms. The Morgan fingerprint density at radius 3 is 2.28 bits per heavy atom. The third-order valence-corrected chi connectivity index (χ3v) is 3.76. The molecule has 18 heavy (non-hydrogen) atoms. The standard InChI is InChI=1S/C14H11FO2S/c15-13-9-5-4-8-12(13)14(16)10-18(17)11-6-2-1-3-7-11/h1-9H,10H2. The van der Waals surface area contributed by atoms with E-state index in [1.165, 1.54) is 18.2 Å². The quantitative estimate of drug-likeness (QED) is 0.794. The second kappa shape index (κ2) is 5.69. The van der Waals surface area contributed by atoms with Gasteiger partial charge in [-0.3, -0.25) is 9.00 Å². The minimum absolute atomic E-state index is 0.0122. The third kappa shape index (κ3) is 2.90. The van der Waals surface area contributed by atoms with Crippen LogP contribution in [0.25, 0.3) is 0 Å². The van der Waals surface area contributed by atoms with Gasteiger partial charge in [0.2, 0.25) is 0 Å². The molecule has 0 saturated heterocycles. The first-order valence-corrected chi connectivity index (χ1v) is 6.71. The summed E-state index contributed by atoms with van der Waals surface area (Å²) < 4.78 is 25.3. The Labute approximate surface area is 107 Å². The van der Waals surface area contributed by atoms with Crippen molar-refractivity contribution in [2.75, 3.05) is 5.75 Å². The van der Waals surface area contributed by atoms with Gasteiger partial charge in [0.15, 0.2) is 5.78 Å². The number of carbonyl (C=O) groups is 1. The highest BCUT2D eigenvalue weighted by atomic mass is 32.2. The highest BCUT2D eigenvalue weighted by molar-refractivity contribution is 7.85. The van der Waals surface area contributed by atoms with Gasteiger partial charge in [-0.1, -0.05) is 30.3 Å². The maximum absolute atomic E-state index is 13.4.